The van der Waals surface area contributed by atoms with Crippen molar-refractivity contribution in [3.63, 3.8) is 0 Å². The van der Waals surface area contributed by atoms with Crippen LogP contribution in [-0.2, 0) is 4.84 Å². The second-order valence-corrected chi connectivity index (χ2v) is 2.69. The fourth-order valence-electron chi connectivity index (χ4n) is 1.00. The molecule has 0 unspecified atom stereocenters. The van der Waals surface area contributed by atoms with Gasteiger partial charge in [0.1, 0.15) is 6.61 Å². The second kappa shape index (κ2) is 6.23. The minimum atomic E-state index is 0.471. The van der Waals surface area contributed by atoms with Crippen molar-refractivity contribution in [2.24, 2.45) is 5.16 Å². The number of hydrogen-bond donors (Lipinski definition) is 0. The lowest BCUT2D eigenvalue weighted by atomic mass is 10.1. The highest BCUT2D eigenvalue weighted by molar-refractivity contribution is 5.62. The van der Waals surface area contributed by atoms with E-state index in [1.54, 1.807) is 12.3 Å². The van der Waals surface area contributed by atoms with Gasteiger partial charge >= 0.3 is 0 Å². The van der Waals surface area contributed by atoms with E-state index in [0.717, 1.165) is 12.8 Å². The molecule has 1 aliphatic rings. The fourth-order valence-corrected chi connectivity index (χ4v) is 1.00. The zero-order valence-electron chi connectivity index (χ0n) is 7.65. The molecule has 0 heterocycles. The molecule has 0 atom stereocenters. The first-order valence-corrected chi connectivity index (χ1v) is 4.37. The third-order valence-corrected chi connectivity index (χ3v) is 1.63. The average molecular weight is 176 g/mol. The molecule has 1 radical (unpaired) electrons. The van der Waals surface area contributed by atoms with Gasteiger partial charge in [0.25, 0.3) is 0 Å². The Morgan fingerprint density at radius 1 is 1.62 bits per heavy atom. The van der Waals surface area contributed by atoms with Gasteiger partial charge in [-0.15, -0.1) is 0 Å². The van der Waals surface area contributed by atoms with Gasteiger partial charge in [-0.2, -0.15) is 0 Å². The maximum Gasteiger partial charge on any atom is 0.135 e. The molecule has 0 spiro atoms. The summed E-state index contributed by atoms with van der Waals surface area (Å²) < 4.78 is 0. The minimum absolute atomic E-state index is 0.471. The summed E-state index contributed by atoms with van der Waals surface area (Å²) in [5.41, 5.74) is 1.29. The van der Waals surface area contributed by atoms with E-state index in [-0.39, 0.29) is 0 Å². The van der Waals surface area contributed by atoms with Crippen LogP contribution < -0.4 is 0 Å². The zero-order chi connectivity index (χ0) is 9.36. The summed E-state index contributed by atoms with van der Waals surface area (Å²) in [6, 6.07) is 0. The molecule has 0 aromatic heterocycles. The molecule has 0 N–H and O–H groups in total. The molecule has 2 nitrogen and oxygen atoms in total. The van der Waals surface area contributed by atoms with Gasteiger partial charge in [-0.1, -0.05) is 36.0 Å². The Morgan fingerprint density at radius 3 is 3.23 bits per heavy atom. The molecule has 13 heavy (non-hydrogen) atoms. The number of allylic oxidation sites excluding steroid dienone is 4. The van der Waals surface area contributed by atoms with Crippen molar-refractivity contribution < 1.29 is 4.84 Å². The summed E-state index contributed by atoms with van der Waals surface area (Å²) in [6.45, 7) is 3.99. The molecule has 2 heteroatoms. The molecule has 0 bridgehead atoms. The lowest BCUT2D eigenvalue weighted by molar-refractivity contribution is 0.176. The van der Waals surface area contributed by atoms with Gasteiger partial charge in [-0.05, 0) is 18.4 Å². The number of oxime groups is 1. The normalized spacial score (nSPS) is 15.8. The van der Waals surface area contributed by atoms with Crippen LogP contribution >= 0.6 is 0 Å². The van der Waals surface area contributed by atoms with E-state index in [0.29, 0.717) is 6.61 Å². The van der Waals surface area contributed by atoms with E-state index in [9.17, 15) is 0 Å². The minimum Gasteiger partial charge on any atom is -0.392 e. The lowest BCUT2D eigenvalue weighted by Crippen LogP contribution is -1.88. The third kappa shape index (κ3) is 4.31. The van der Waals surface area contributed by atoms with Crippen LogP contribution in [0.3, 0.4) is 0 Å². The van der Waals surface area contributed by atoms with Crippen molar-refractivity contribution in [2.75, 3.05) is 6.61 Å². The Labute approximate surface area is 79.3 Å². The Hall–Kier alpha value is -1.31. The molecule has 1 rings (SSSR count). The molecule has 0 saturated heterocycles. The van der Waals surface area contributed by atoms with E-state index in [4.69, 9.17) is 4.84 Å². The highest BCUT2D eigenvalue weighted by Gasteiger charge is 1.94. The maximum atomic E-state index is 4.87. The smallest absolute Gasteiger partial charge is 0.135 e. The Kier molecular flexibility index (Phi) is 4.69. The van der Waals surface area contributed by atoms with E-state index in [2.05, 4.69) is 36.4 Å². The number of nitrogens with zero attached hydrogens (tertiary/aromatic N) is 1. The van der Waals surface area contributed by atoms with Crippen molar-refractivity contribution in [3.05, 3.63) is 42.9 Å². The van der Waals surface area contributed by atoms with Gasteiger partial charge in [-0.25, -0.2) is 0 Å². The van der Waals surface area contributed by atoms with Gasteiger partial charge in [-0.3, -0.25) is 0 Å². The molecule has 0 fully saturated rings. The van der Waals surface area contributed by atoms with Gasteiger partial charge in [0.2, 0.25) is 0 Å². The molecule has 0 amide bonds. The van der Waals surface area contributed by atoms with Crippen LogP contribution in [0.1, 0.15) is 12.8 Å². The van der Waals surface area contributed by atoms with E-state index in [1.807, 2.05) is 0 Å². The van der Waals surface area contributed by atoms with Crippen molar-refractivity contribution in [3.8, 4) is 0 Å². The molecular weight excluding hydrogens is 162 g/mol. The average Bonchev–Trinajstić information content (AvgIpc) is 2.19. The number of hydrogen-bond acceptors (Lipinski definition) is 2. The van der Waals surface area contributed by atoms with Gasteiger partial charge in [0.15, 0.2) is 0 Å². The van der Waals surface area contributed by atoms with Crippen LogP contribution in [0.25, 0.3) is 0 Å². The summed E-state index contributed by atoms with van der Waals surface area (Å²) in [7, 11) is 0. The Balaban J connectivity index is 2.17. The first-order chi connectivity index (χ1) is 6.43. The zero-order valence-corrected chi connectivity index (χ0v) is 7.65. The van der Waals surface area contributed by atoms with Crippen molar-refractivity contribution in [1.29, 1.82) is 0 Å². The highest BCUT2D eigenvalue weighted by atomic mass is 16.6. The predicted octanol–water partition coefficient (Wildman–Crippen LogP) is 2.66. The van der Waals surface area contributed by atoms with E-state index >= 15 is 0 Å². The summed E-state index contributed by atoms with van der Waals surface area (Å²) in [5.74, 6) is 0. The van der Waals surface area contributed by atoms with Gasteiger partial charge in [0, 0.05) is 12.6 Å². The largest absolute Gasteiger partial charge is 0.392 e. The van der Waals surface area contributed by atoms with E-state index in [1.165, 1.54) is 5.57 Å². The summed E-state index contributed by atoms with van der Waals surface area (Å²) >= 11 is 0. The monoisotopic (exact) mass is 176 g/mol. The van der Waals surface area contributed by atoms with Crippen LogP contribution in [-0.4, -0.2) is 12.8 Å². The fraction of sp³-hybridized carbons (Fsp3) is 0.273. The summed E-state index contributed by atoms with van der Waals surface area (Å²) in [5, 5.41) is 3.77. The number of rotatable bonds is 5. The molecule has 69 valence electrons. The summed E-state index contributed by atoms with van der Waals surface area (Å²) in [4.78, 5) is 4.87. The topological polar surface area (TPSA) is 21.6 Å². The first-order valence-electron chi connectivity index (χ1n) is 4.37. The SMILES string of the molecule is C=CCON=CCC1=CC[CH]C=C1. The van der Waals surface area contributed by atoms with Crippen LogP contribution in [0.2, 0.25) is 0 Å². The van der Waals surface area contributed by atoms with Crippen molar-refractivity contribution in [2.45, 2.75) is 12.8 Å². The molecular formula is C11H14NO. The molecule has 1 aliphatic carbocycles. The van der Waals surface area contributed by atoms with Crippen molar-refractivity contribution >= 4 is 6.21 Å². The van der Waals surface area contributed by atoms with Crippen LogP contribution in [0.5, 0.6) is 0 Å². The molecule has 0 saturated carbocycles. The Morgan fingerprint density at radius 2 is 2.54 bits per heavy atom. The van der Waals surface area contributed by atoms with Crippen molar-refractivity contribution in [1.82, 2.24) is 0 Å². The maximum absolute atomic E-state index is 4.87. The second-order valence-electron chi connectivity index (χ2n) is 2.69. The molecule has 0 aromatic carbocycles. The summed E-state index contributed by atoms with van der Waals surface area (Å²) in [6.07, 6.45) is 13.7. The highest BCUT2D eigenvalue weighted by Crippen LogP contribution is 2.10. The molecule has 0 aliphatic heterocycles. The predicted molar refractivity (Wildman–Crippen MR) is 55.4 cm³/mol. The Bertz CT molecular complexity index is 238. The standard InChI is InChI=1S/C11H14NO/c1-2-10-13-12-9-8-11-6-4-3-5-7-11/h2-4,6-7,9H,1,5,8,10H2. The van der Waals surface area contributed by atoms with E-state index < -0.39 is 0 Å². The van der Waals surface area contributed by atoms with Gasteiger partial charge < -0.3 is 4.84 Å². The van der Waals surface area contributed by atoms with Gasteiger partial charge in [0.05, 0.1) is 0 Å². The lowest BCUT2D eigenvalue weighted by Gasteiger charge is -2.01. The first kappa shape index (κ1) is 9.78. The quantitative estimate of drug-likeness (QED) is 0.273. The van der Waals surface area contributed by atoms with Crippen LogP contribution in [0, 0.1) is 6.42 Å². The van der Waals surface area contributed by atoms with Crippen LogP contribution in [0.15, 0.2) is 41.6 Å². The third-order valence-electron chi connectivity index (χ3n) is 1.63. The van der Waals surface area contributed by atoms with Crippen LogP contribution in [0.4, 0.5) is 0 Å². The molecule has 0 aromatic rings.